The van der Waals surface area contributed by atoms with Gasteiger partial charge in [0.25, 0.3) is 0 Å². The fourth-order valence-corrected chi connectivity index (χ4v) is 2.19. The molecule has 1 aromatic heterocycles. The van der Waals surface area contributed by atoms with Crippen LogP contribution in [0.4, 0.5) is 0 Å². The molecule has 1 amide bonds. The Hall–Kier alpha value is -2.35. The topological polar surface area (TPSA) is 66.2 Å². The van der Waals surface area contributed by atoms with Crippen LogP contribution in [0.2, 0.25) is 0 Å². The molecule has 20 heavy (non-hydrogen) atoms. The zero-order valence-electron chi connectivity index (χ0n) is 11.7. The van der Waals surface area contributed by atoms with Gasteiger partial charge in [-0.05, 0) is 26.3 Å². The van der Waals surface area contributed by atoms with Crippen LogP contribution in [0.3, 0.4) is 0 Å². The first-order chi connectivity index (χ1) is 9.67. The lowest BCUT2D eigenvalue weighted by atomic mass is 10.1. The van der Waals surface area contributed by atoms with E-state index >= 15 is 0 Å². The number of ether oxygens (including phenoxy) is 1. The summed E-state index contributed by atoms with van der Waals surface area (Å²) in [6.45, 7) is 4.96. The number of amides is 1. The highest BCUT2D eigenvalue weighted by atomic mass is 16.5. The van der Waals surface area contributed by atoms with E-state index in [1.165, 1.54) is 6.20 Å². The molecule has 0 aliphatic carbocycles. The van der Waals surface area contributed by atoms with Gasteiger partial charge < -0.3 is 9.64 Å². The molecule has 0 N–H and O–H groups in total. The second-order valence-electron chi connectivity index (χ2n) is 4.55. The van der Waals surface area contributed by atoms with Crippen LogP contribution in [0.15, 0.2) is 24.4 Å². The lowest BCUT2D eigenvalue weighted by molar-refractivity contribution is -0.128. The van der Waals surface area contributed by atoms with Crippen LogP contribution in [-0.4, -0.2) is 28.9 Å². The Balaban J connectivity index is 2.28. The fourth-order valence-electron chi connectivity index (χ4n) is 2.19. The van der Waals surface area contributed by atoms with Crippen LogP contribution in [0, 0.1) is 11.3 Å². The number of carbonyl (C=O) groups is 1. The number of hydrogen-bond donors (Lipinski definition) is 0. The second kappa shape index (κ2) is 6.20. The van der Waals surface area contributed by atoms with E-state index in [1.807, 2.05) is 19.9 Å². The zero-order valence-corrected chi connectivity index (χ0v) is 11.7. The Morgan fingerprint density at radius 2 is 2.40 bits per heavy atom. The van der Waals surface area contributed by atoms with E-state index in [0.717, 1.165) is 12.1 Å². The van der Waals surface area contributed by atoms with Crippen LogP contribution in [0.25, 0.3) is 0 Å². The molecule has 0 fully saturated rings. The number of carbonyl (C=O) groups excluding carboxylic acids is 1. The summed E-state index contributed by atoms with van der Waals surface area (Å²) in [7, 11) is 0. The Kier molecular flexibility index (Phi) is 4.36. The maximum absolute atomic E-state index is 11.9. The van der Waals surface area contributed by atoms with E-state index in [9.17, 15) is 4.79 Å². The minimum atomic E-state index is -0.139. The highest BCUT2D eigenvalue weighted by Crippen LogP contribution is 2.26. The number of nitriles is 1. The molecule has 2 rings (SSSR count). The summed E-state index contributed by atoms with van der Waals surface area (Å²) in [6.07, 6.45) is 5.82. The molecule has 1 aliphatic rings. The standard InChI is InChI=1S/C15H17N3O2/c1-3-20-14-8-13(17-10-12(14)9-16)11(2)18-7-5-4-6-15(18)19/h4,6,8,10-11H,3,5,7H2,1-2H3. The lowest BCUT2D eigenvalue weighted by Crippen LogP contribution is -2.35. The Morgan fingerprint density at radius 3 is 3.05 bits per heavy atom. The van der Waals surface area contributed by atoms with Gasteiger partial charge in [-0.1, -0.05) is 6.08 Å². The highest BCUT2D eigenvalue weighted by molar-refractivity contribution is 5.88. The molecule has 0 radical (unpaired) electrons. The predicted octanol–water partition coefficient (Wildman–Crippen LogP) is 2.20. The van der Waals surface area contributed by atoms with E-state index in [0.29, 0.717) is 24.5 Å². The van der Waals surface area contributed by atoms with Crippen molar-refractivity contribution in [1.29, 1.82) is 5.26 Å². The van der Waals surface area contributed by atoms with Gasteiger partial charge in [0.2, 0.25) is 5.91 Å². The van der Waals surface area contributed by atoms with Gasteiger partial charge in [-0.2, -0.15) is 5.26 Å². The number of rotatable bonds is 4. The molecule has 0 aromatic carbocycles. The molecule has 1 atom stereocenters. The minimum absolute atomic E-state index is 0.00660. The molecule has 1 aliphatic heterocycles. The van der Waals surface area contributed by atoms with E-state index in [4.69, 9.17) is 10.00 Å². The molecule has 1 aromatic rings. The van der Waals surface area contributed by atoms with Crippen LogP contribution in [-0.2, 0) is 4.79 Å². The summed E-state index contributed by atoms with van der Waals surface area (Å²) in [5, 5.41) is 9.02. The van der Waals surface area contributed by atoms with Crippen LogP contribution in [0.1, 0.15) is 37.6 Å². The Labute approximate surface area is 118 Å². The SMILES string of the molecule is CCOc1cc(C(C)N2CCC=CC2=O)ncc1C#N. The fraction of sp³-hybridized carbons (Fsp3) is 0.400. The van der Waals surface area contributed by atoms with E-state index in [2.05, 4.69) is 11.1 Å². The van der Waals surface area contributed by atoms with Crippen molar-refractivity contribution in [2.75, 3.05) is 13.2 Å². The van der Waals surface area contributed by atoms with Crippen LogP contribution in [0.5, 0.6) is 5.75 Å². The highest BCUT2D eigenvalue weighted by Gasteiger charge is 2.23. The van der Waals surface area contributed by atoms with Gasteiger partial charge in [0.15, 0.2) is 0 Å². The van der Waals surface area contributed by atoms with E-state index in [-0.39, 0.29) is 11.9 Å². The normalized spacial score (nSPS) is 15.8. The van der Waals surface area contributed by atoms with E-state index in [1.54, 1.807) is 17.0 Å². The Morgan fingerprint density at radius 1 is 1.60 bits per heavy atom. The first-order valence-corrected chi connectivity index (χ1v) is 6.67. The van der Waals surface area contributed by atoms with Crippen molar-refractivity contribution in [1.82, 2.24) is 9.88 Å². The number of aromatic nitrogens is 1. The van der Waals surface area contributed by atoms with Crippen molar-refractivity contribution in [3.63, 3.8) is 0 Å². The van der Waals surface area contributed by atoms with Gasteiger partial charge in [-0.15, -0.1) is 0 Å². The molecule has 2 heterocycles. The summed E-state index contributed by atoms with van der Waals surface area (Å²) in [4.78, 5) is 17.9. The summed E-state index contributed by atoms with van der Waals surface area (Å²) in [5.74, 6) is 0.514. The summed E-state index contributed by atoms with van der Waals surface area (Å²) in [6, 6.07) is 3.66. The molecule has 0 spiro atoms. The molecular weight excluding hydrogens is 254 g/mol. The predicted molar refractivity (Wildman–Crippen MR) is 74.0 cm³/mol. The minimum Gasteiger partial charge on any atom is -0.492 e. The number of nitrogens with zero attached hydrogens (tertiary/aromatic N) is 3. The van der Waals surface area contributed by atoms with Gasteiger partial charge in [0.1, 0.15) is 17.4 Å². The third-order valence-corrected chi connectivity index (χ3v) is 3.28. The quantitative estimate of drug-likeness (QED) is 0.842. The molecule has 0 bridgehead atoms. The van der Waals surface area contributed by atoms with Gasteiger partial charge in [-0.25, -0.2) is 0 Å². The van der Waals surface area contributed by atoms with Crippen molar-refractivity contribution in [3.05, 3.63) is 35.7 Å². The first-order valence-electron chi connectivity index (χ1n) is 6.67. The zero-order chi connectivity index (χ0) is 14.5. The smallest absolute Gasteiger partial charge is 0.246 e. The molecule has 1 unspecified atom stereocenters. The maximum Gasteiger partial charge on any atom is 0.246 e. The molecular formula is C15H17N3O2. The third-order valence-electron chi connectivity index (χ3n) is 3.28. The molecule has 104 valence electrons. The van der Waals surface area contributed by atoms with Gasteiger partial charge in [0, 0.05) is 18.8 Å². The van der Waals surface area contributed by atoms with Gasteiger partial charge in [-0.3, -0.25) is 9.78 Å². The summed E-state index contributed by atoms with van der Waals surface area (Å²) in [5.41, 5.74) is 1.14. The third kappa shape index (κ3) is 2.80. The largest absolute Gasteiger partial charge is 0.492 e. The van der Waals surface area contributed by atoms with Gasteiger partial charge in [0.05, 0.1) is 18.3 Å². The second-order valence-corrected chi connectivity index (χ2v) is 4.55. The molecule has 0 saturated carbocycles. The average molecular weight is 271 g/mol. The van der Waals surface area contributed by atoms with Crippen LogP contribution >= 0.6 is 0 Å². The number of pyridine rings is 1. The van der Waals surface area contributed by atoms with Crippen molar-refractivity contribution in [2.24, 2.45) is 0 Å². The first kappa shape index (κ1) is 14.1. The van der Waals surface area contributed by atoms with Crippen molar-refractivity contribution in [3.8, 4) is 11.8 Å². The average Bonchev–Trinajstić information content (AvgIpc) is 2.47. The Bertz CT molecular complexity index is 575. The van der Waals surface area contributed by atoms with Crippen molar-refractivity contribution >= 4 is 5.91 Å². The van der Waals surface area contributed by atoms with Crippen molar-refractivity contribution in [2.45, 2.75) is 26.3 Å². The maximum atomic E-state index is 11.9. The molecule has 0 saturated heterocycles. The van der Waals surface area contributed by atoms with E-state index < -0.39 is 0 Å². The molecule has 5 nitrogen and oxygen atoms in total. The van der Waals surface area contributed by atoms with Crippen molar-refractivity contribution < 1.29 is 9.53 Å². The monoisotopic (exact) mass is 271 g/mol. The molecule has 5 heteroatoms. The summed E-state index contributed by atoms with van der Waals surface area (Å²) >= 11 is 0. The number of hydrogen-bond acceptors (Lipinski definition) is 4. The summed E-state index contributed by atoms with van der Waals surface area (Å²) < 4.78 is 5.45. The van der Waals surface area contributed by atoms with Gasteiger partial charge >= 0.3 is 0 Å². The van der Waals surface area contributed by atoms with Crippen LogP contribution < -0.4 is 4.74 Å². The lowest BCUT2D eigenvalue weighted by Gasteiger charge is -2.29.